The Bertz CT molecular complexity index is 299. The van der Waals surface area contributed by atoms with Gasteiger partial charge in [-0.2, -0.15) is 0 Å². The minimum absolute atomic E-state index is 0.0470. The maximum atomic E-state index is 11.6. The van der Waals surface area contributed by atoms with Crippen molar-refractivity contribution in [1.82, 2.24) is 10.6 Å². The fourth-order valence-corrected chi connectivity index (χ4v) is 3.74. The van der Waals surface area contributed by atoms with Gasteiger partial charge in [0.05, 0.1) is 0 Å². The van der Waals surface area contributed by atoms with Gasteiger partial charge in [-0.05, 0) is 52.9 Å². The fourth-order valence-electron chi connectivity index (χ4n) is 3.67. The molecule has 1 fully saturated rings. The zero-order valence-electron chi connectivity index (χ0n) is 13.0. The normalized spacial score (nSPS) is 23.9. The van der Waals surface area contributed by atoms with Crippen LogP contribution in [0.3, 0.4) is 0 Å². The number of hydrogen-bond acceptors (Lipinski definition) is 2. The predicted octanol–water partition coefficient (Wildman–Crippen LogP) is 3.07. The zero-order valence-corrected chi connectivity index (χ0v) is 13.7. The van der Waals surface area contributed by atoms with E-state index in [1.165, 1.54) is 0 Å². The molecular weight excluding hydrogens is 260 g/mol. The molecule has 112 valence electrons. The van der Waals surface area contributed by atoms with Gasteiger partial charge >= 0.3 is 0 Å². The van der Waals surface area contributed by atoms with Crippen LogP contribution in [0.25, 0.3) is 0 Å². The Hall–Kier alpha value is -0.280. The third-order valence-corrected chi connectivity index (χ3v) is 4.10. The summed E-state index contributed by atoms with van der Waals surface area (Å²) in [5.41, 5.74) is 0.230. The summed E-state index contributed by atoms with van der Waals surface area (Å²) in [6, 6.07) is 0.247. The summed E-state index contributed by atoms with van der Waals surface area (Å²) in [5, 5.41) is 6.80. The molecule has 2 N–H and O–H groups in total. The highest BCUT2D eigenvalue weighted by Gasteiger charge is 2.40. The van der Waals surface area contributed by atoms with Crippen LogP contribution in [0.5, 0.6) is 0 Å². The highest BCUT2D eigenvalue weighted by Crippen LogP contribution is 2.35. The van der Waals surface area contributed by atoms with Gasteiger partial charge in [-0.15, -0.1) is 11.6 Å². The number of hydrogen-bond donors (Lipinski definition) is 2. The van der Waals surface area contributed by atoms with E-state index in [4.69, 9.17) is 11.6 Å². The van der Waals surface area contributed by atoms with Gasteiger partial charge in [0.15, 0.2) is 0 Å². The van der Waals surface area contributed by atoms with Crippen LogP contribution < -0.4 is 10.6 Å². The van der Waals surface area contributed by atoms with Gasteiger partial charge in [0, 0.05) is 17.1 Å². The van der Waals surface area contributed by atoms with Crippen molar-refractivity contribution < 1.29 is 4.79 Å². The van der Waals surface area contributed by atoms with Crippen molar-refractivity contribution in [2.75, 3.05) is 5.88 Å². The molecule has 0 aromatic heterocycles. The Labute approximate surface area is 122 Å². The number of alkyl halides is 1. The summed E-state index contributed by atoms with van der Waals surface area (Å²) in [5.74, 6) is 0.519. The molecule has 1 amide bonds. The topological polar surface area (TPSA) is 41.1 Å². The molecule has 19 heavy (non-hydrogen) atoms. The van der Waals surface area contributed by atoms with Crippen molar-refractivity contribution >= 4 is 17.5 Å². The van der Waals surface area contributed by atoms with E-state index in [2.05, 4.69) is 45.3 Å². The van der Waals surface area contributed by atoms with E-state index >= 15 is 0 Å². The first-order valence-electron chi connectivity index (χ1n) is 7.34. The second-order valence-electron chi connectivity index (χ2n) is 7.16. The average molecular weight is 289 g/mol. The van der Waals surface area contributed by atoms with E-state index in [0.29, 0.717) is 5.92 Å². The Morgan fingerprint density at radius 3 is 2.26 bits per heavy atom. The molecule has 1 rings (SSSR count). The molecule has 4 heteroatoms. The monoisotopic (exact) mass is 288 g/mol. The summed E-state index contributed by atoms with van der Waals surface area (Å²) in [4.78, 5) is 11.6. The molecule has 0 spiro atoms. The van der Waals surface area contributed by atoms with Crippen LogP contribution in [-0.4, -0.2) is 28.9 Å². The lowest BCUT2D eigenvalue weighted by Gasteiger charge is -2.48. The first kappa shape index (κ1) is 16.8. The first-order chi connectivity index (χ1) is 8.69. The van der Waals surface area contributed by atoms with E-state index in [-0.39, 0.29) is 28.9 Å². The molecule has 0 bridgehead atoms. The molecule has 1 unspecified atom stereocenters. The summed E-state index contributed by atoms with van der Waals surface area (Å²) < 4.78 is 0. The largest absolute Gasteiger partial charge is 0.352 e. The molecule has 3 nitrogen and oxygen atoms in total. The smallest absolute Gasteiger partial charge is 0.235 e. The third kappa shape index (κ3) is 5.31. The molecule has 1 saturated heterocycles. The van der Waals surface area contributed by atoms with Crippen molar-refractivity contribution in [1.29, 1.82) is 0 Å². The highest BCUT2D eigenvalue weighted by atomic mass is 35.5. The van der Waals surface area contributed by atoms with Crippen molar-refractivity contribution in [3.05, 3.63) is 0 Å². The van der Waals surface area contributed by atoms with Crippen molar-refractivity contribution in [3.63, 3.8) is 0 Å². The van der Waals surface area contributed by atoms with Crippen LogP contribution in [0.2, 0.25) is 0 Å². The molecule has 1 aliphatic heterocycles. The van der Waals surface area contributed by atoms with Gasteiger partial charge in [-0.1, -0.05) is 13.3 Å². The number of nitrogens with one attached hydrogen (secondary N) is 2. The quantitative estimate of drug-likeness (QED) is 0.764. The summed E-state index contributed by atoms with van der Waals surface area (Å²) in [6.45, 7) is 11.1. The lowest BCUT2D eigenvalue weighted by atomic mass is 9.72. The molecule has 0 aliphatic carbocycles. The SMILES string of the molecule is CCCC(NC(=O)CCl)C1CC(C)(C)NC(C)(C)C1. The minimum atomic E-state index is -0.0470. The number of piperidine rings is 1. The second-order valence-corrected chi connectivity index (χ2v) is 7.42. The van der Waals surface area contributed by atoms with Crippen LogP contribution in [0.15, 0.2) is 0 Å². The number of halogens is 1. The van der Waals surface area contributed by atoms with Crippen LogP contribution in [0.1, 0.15) is 60.3 Å². The van der Waals surface area contributed by atoms with E-state index in [1.54, 1.807) is 0 Å². The minimum Gasteiger partial charge on any atom is -0.352 e. The molecule has 0 aromatic carbocycles. The molecule has 0 saturated carbocycles. The van der Waals surface area contributed by atoms with Crippen LogP contribution >= 0.6 is 11.6 Å². The highest BCUT2D eigenvalue weighted by molar-refractivity contribution is 6.27. The summed E-state index contributed by atoms with van der Waals surface area (Å²) >= 11 is 5.62. The van der Waals surface area contributed by atoms with Crippen molar-refractivity contribution in [2.24, 2.45) is 5.92 Å². The lowest BCUT2D eigenvalue weighted by molar-refractivity contribution is -0.120. The van der Waals surface area contributed by atoms with Crippen LogP contribution in [-0.2, 0) is 4.79 Å². The number of carbonyl (C=O) groups is 1. The first-order valence-corrected chi connectivity index (χ1v) is 7.87. The van der Waals surface area contributed by atoms with Gasteiger partial charge in [-0.3, -0.25) is 4.79 Å². The van der Waals surface area contributed by atoms with Gasteiger partial charge in [-0.25, -0.2) is 0 Å². The van der Waals surface area contributed by atoms with E-state index in [1.807, 2.05) is 0 Å². The molecule has 0 radical (unpaired) electrons. The molecule has 1 atom stereocenters. The van der Waals surface area contributed by atoms with Crippen LogP contribution in [0, 0.1) is 5.92 Å². The Morgan fingerprint density at radius 1 is 1.32 bits per heavy atom. The Kier molecular flexibility index (Phi) is 5.69. The summed E-state index contributed by atoms with van der Waals surface area (Å²) in [6.07, 6.45) is 4.28. The van der Waals surface area contributed by atoms with Crippen LogP contribution in [0.4, 0.5) is 0 Å². The molecule has 1 aliphatic rings. The third-order valence-electron chi connectivity index (χ3n) is 3.86. The maximum absolute atomic E-state index is 11.6. The zero-order chi connectivity index (χ0) is 14.7. The molecule has 0 aromatic rings. The van der Waals surface area contributed by atoms with Gasteiger partial charge < -0.3 is 10.6 Å². The maximum Gasteiger partial charge on any atom is 0.235 e. The van der Waals surface area contributed by atoms with Gasteiger partial charge in [0.1, 0.15) is 5.88 Å². The standard InChI is InChI=1S/C15H29ClN2O/c1-6-7-12(17-13(19)10-16)11-8-14(2,3)18-15(4,5)9-11/h11-12,18H,6-10H2,1-5H3,(H,17,19). The number of carbonyl (C=O) groups excluding carboxylic acids is 1. The van der Waals surface area contributed by atoms with Gasteiger partial charge in [0.25, 0.3) is 0 Å². The van der Waals surface area contributed by atoms with E-state index in [9.17, 15) is 4.79 Å². The number of amides is 1. The predicted molar refractivity (Wildman–Crippen MR) is 81.6 cm³/mol. The lowest BCUT2D eigenvalue weighted by Crippen LogP contribution is -2.60. The average Bonchev–Trinajstić information content (AvgIpc) is 2.24. The Balaban J connectivity index is 2.79. The van der Waals surface area contributed by atoms with Crippen molar-refractivity contribution in [2.45, 2.75) is 77.4 Å². The molecular formula is C15H29ClN2O. The second kappa shape index (κ2) is 6.45. The molecule has 1 heterocycles. The Morgan fingerprint density at radius 2 is 1.84 bits per heavy atom. The van der Waals surface area contributed by atoms with Gasteiger partial charge in [0.2, 0.25) is 5.91 Å². The fraction of sp³-hybridized carbons (Fsp3) is 0.933. The van der Waals surface area contributed by atoms with E-state index < -0.39 is 0 Å². The number of rotatable bonds is 5. The summed E-state index contributed by atoms with van der Waals surface area (Å²) in [7, 11) is 0. The van der Waals surface area contributed by atoms with E-state index in [0.717, 1.165) is 25.7 Å². The van der Waals surface area contributed by atoms with Crippen molar-refractivity contribution in [3.8, 4) is 0 Å².